The summed E-state index contributed by atoms with van der Waals surface area (Å²) in [6.45, 7) is 3.33. The standard InChI is InChI=1S/C16H14IN3O.C7H8O3S/c1-11(21)18-14-6-3-12(4-7-14)15-10-20-9-13(17)5-8-16(20)19(15)2;1-6-2-4-7(5-3-6)11(8,9)10/h3-10H,1-2H3;2-5H,1H3,(H,8,9,10). The molecule has 0 saturated heterocycles. The third kappa shape index (κ3) is 5.93. The van der Waals surface area contributed by atoms with Crippen LogP contribution in [-0.2, 0) is 22.0 Å². The van der Waals surface area contributed by atoms with Gasteiger partial charge < -0.3 is 9.87 Å². The summed E-state index contributed by atoms with van der Waals surface area (Å²) in [6, 6.07) is 17.9. The van der Waals surface area contributed by atoms with Crippen molar-refractivity contribution in [2.75, 3.05) is 5.32 Å². The van der Waals surface area contributed by atoms with Crippen LogP contribution in [0.4, 0.5) is 5.69 Å². The smallest absolute Gasteiger partial charge is 0.286 e. The fourth-order valence-electron chi connectivity index (χ4n) is 3.11. The molecule has 1 amide bonds. The number of rotatable bonds is 3. The van der Waals surface area contributed by atoms with Crippen molar-refractivity contribution in [3.8, 4) is 11.3 Å². The second-order valence-electron chi connectivity index (χ2n) is 7.21. The van der Waals surface area contributed by atoms with E-state index in [1.165, 1.54) is 22.6 Å². The predicted octanol–water partition coefficient (Wildman–Crippen LogP) is 3.89. The molecule has 1 N–H and O–H groups in total. The highest BCUT2D eigenvalue weighted by molar-refractivity contribution is 14.1. The van der Waals surface area contributed by atoms with Crippen LogP contribution in [0.5, 0.6) is 0 Å². The average molecular weight is 563 g/mol. The number of hydrogen-bond acceptors (Lipinski definition) is 4. The van der Waals surface area contributed by atoms with Gasteiger partial charge in [-0.3, -0.25) is 4.79 Å². The van der Waals surface area contributed by atoms with Crippen molar-refractivity contribution >= 4 is 50.0 Å². The molecule has 32 heavy (non-hydrogen) atoms. The first-order chi connectivity index (χ1) is 15.0. The number of hydrogen-bond donors (Lipinski definition) is 1. The van der Waals surface area contributed by atoms with Gasteiger partial charge in [0.25, 0.3) is 5.65 Å². The molecule has 0 spiro atoms. The summed E-state index contributed by atoms with van der Waals surface area (Å²) in [6.07, 6.45) is 4.22. The Morgan fingerprint density at radius 1 is 1.00 bits per heavy atom. The number of nitrogens with zero attached hydrogens (tertiary/aromatic N) is 2. The van der Waals surface area contributed by atoms with Gasteiger partial charge in [-0.1, -0.05) is 17.7 Å². The van der Waals surface area contributed by atoms with Crippen LogP contribution in [-0.4, -0.2) is 23.4 Å². The topological polar surface area (TPSA) is 95.3 Å². The van der Waals surface area contributed by atoms with Gasteiger partial charge in [-0.25, -0.2) is 17.4 Å². The van der Waals surface area contributed by atoms with Crippen LogP contribution < -0.4 is 9.72 Å². The minimum atomic E-state index is -4.27. The first-order valence-electron chi connectivity index (χ1n) is 9.61. The van der Waals surface area contributed by atoms with E-state index < -0.39 is 10.1 Å². The van der Waals surface area contributed by atoms with Crippen molar-refractivity contribution in [1.29, 1.82) is 0 Å². The molecule has 4 aromatic rings. The van der Waals surface area contributed by atoms with Crippen molar-refractivity contribution < 1.29 is 22.2 Å². The van der Waals surface area contributed by atoms with Gasteiger partial charge in [0.15, 0.2) is 5.69 Å². The minimum absolute atomic E-state index is 0.0579. The highest BCUT2D eigenvalue weighted by Crippen LogP contribution is 2.22. The summed E-state index contributed by atoms with van der Waals surface area (Å²) < 4.78 is 36.6. The summed E-state index contributed by atoms with van der Waals surface area (Å²) >= 11 is 2.31. The van der Waals surface area contributed by atoms with Crippen molar-refractivity contribution in [2.24, 2.45) is 7.05 Å². The van der Waals surface area contributed by atoms with E-state index in [0.29, 0.717) is 0 Å². The van der Waals surface area contributed by atoms with Gasteiger partial charge in [0, 0.05) is 24.2 Å². The van der Waals surface area contributed by atoms with Crippen molar-refractivity contribution in [2.45, 2.75) is 18.7 Å². The highest BCUT2D eigenvalue weighted by Gasteiger charge is 2.15. The number of fused-ring (bicyclic) bond motifs is 1. The summed E-state index contributed by atoms with van der Waals surface area (Å²) in [5.41, 5.74) is 5.12. The lowest BCUT2D eigenvalue weighted by molar-refractivity contribution is -0.511. The lowest BCUT2D eigenvalue weighted by Crippen LogP contribution is -2.18. The van der Waals surface area contributed by atoms with E-state index in [1.807, 2.05) is 31.2 Å². The Bertz CT molecular complexity index is 1360. The van der Waals surface area contributed by atoms with E-state index in [-0.39, 0.29) is 10.8 Å². The Morgan fingerprint density at radius 3 is 2.19 bits per heavy atom. The van der Waals surface area contributed by atoms with Gasteiger partial charge in [0.1, 0.15) is 22.5 Å². The third-order valence-electron chi connectivity index (χ3n) is 4.70. The summed E-state index contributed by atoms with van der Waals surface area (Å²) in [4.78, 5) is 10.9. The SMILES string of the molecule is CC(=O)Nc1ccc(-c2c[n+]3cc(I)ccc3n2C)cc1.Cc1ccc(S(=O)(=O)[O-])cc1. The molecule has 0 radical (unpaired) electrons. The maximum atomic E-state index is 11.1. The molecule has 0 atom stereocenters. The zero-order valence-electron chi connectivity index (χ0n) is 17.7. The van der Waals surface area contributed by atoms with Crippen LogP contribution in [0.1, 0.15) is 12.5 Å². The van der Waals surface area contributed by atoms with Crippen LogP contribution in [0.3, 0.4) is 0 Å². The van der Waals surface area contributed by atoms with Gasteiger partial charge in [0.2, 0.25) is 5.91 Å². The van der Waals surface area contributed by atoms with E-state index in [2.05, 4.69) is 68.4 Å². The molecule has 166 valence electrons. The maximum absolute atomic E-state index is 11.1. The fraction of sp³-hybridized carbons (Fsp3) is 0.130. The Balaban J connectivity index is 0.000000222. The van der Waals surface area contributed by atoms with E-state index in [1.54, 1.807) is 12.1 Å². The molecule has 0 unspecified atom stereocenters. The van der Waals surface area contributed by atoms with Crippen molar-refractivity contribution in [1.82, 2.24) is 4.57 Å². The number of carbonyl (C=O) groups excluding carboxylic acids is 1. The van der Waals surface area contributed by atoms with Gasteiger partial charge in [0.05, 0.1) is 15.5 Å². The third-order valence-corrected chi connectivity index (χ3v) is 6.18. The molecular formula is C23H22IN3O4S. The van der Waals surface area contributed by atoms with Crippen molar-refractivity contribution in [3.05, 3.63) is 82.2 Å². The molecule has 0 aliphatic heterocycles. The number of carbonyl (C=O) groups is 1. The maximum Gasteiger partial charge on any atom is 0.286 e. The van der Waals surface area contributed by atoms with E-state index in [0.717, 1.165) is 28.2 Å². The molecule has 9 heteroatoms. The molecule has 0 fully saturated rings. The predicted molar refractivity (Wildman–Crippen MR) is 130 cm³/mol. The summed E-state index contributed by atoms with van der Waals surface area (Å²) in [5, 5.41) is 2.78. The molecule has 2 aromatic carbocycles. The number of amides is 1. The number of anilines is 1. The number of halogens is 1. The lowest BCUT2D eigenvalue weighted by atomic mass is 10.1. The van der Waals surface area contributed by atoms with Crippen LogP contribution >= 0.6 is 22.6 Å². The van der Waals surface area contributed by atoms with Crippen LogP contribution in [0.25, 0.3) is 16.9 Å². The Morgan fingerprint density at radius 2 is 1.62 bits per heavy atom. The van der Waals surface area contributed by atoms with Gasteiger partial charge in [-0.05, 0) is 72.0 Å². The first kappa shape index (κ1) is 23.9. The Hall–Kier alpha value is -2.76. The normalized spacial score (nSPS) is 11.0. The van der Waals surface area contributed by atoms with Crippen LogP contribution in [0.2, 0.25) is 0 Å². The number of pyridine rings is 1. The van der Waals surface area contributed by atoms with E-state index >= 15 is 0 Å². The van der Waals surface area contributed by atoms with E-state index in [9.17, 15) is 17.8 Å². The van der Waals surface area contributed by atoms with Gasteiger partial charge in [-0.2, -0.15) is 0 Å². The first-order valence-corrected chi connectivity index (χ1v) is 12.1. The molecule has 0 aliphatic carbocycles. The van der Waals surface area contributed by atoms with Gasteiger partial charge >= 0.3 is 0 Å². The molecule has 0 bridgehead atoms. The molecule has 2 aromatic heterocycles. The Labute approximate surface area is 200 Å². The minimum Gasteiger partial charge on any atom is -0.744 e. The second-order valence-corrected chi connectivity index (χ2v) is 9.84. The highest BCUT2D eigenvalue weighted by atomic mass is 127. The zero-order valence-corrected chi connectivity index (χ0v) is 20.7. The zero-order chi connectivity index (χ0) is 23.5. The summed E-state index contributed by atoms with van der Waals surface area (Å²) in [7, 11) is -2.21. The molecule has 4 rings (SSSR count). The van der Waals surface area contributed by atoms with Crippen molar-refractivity contribution in [3.63, 3.8) is 0 Å². The number of benzene rings is 2. The Kier molecular flexibility index (Phi) is 7.32. The molecule has 0 saturated carbocycles. The number of aryl methyl sites for hydroxylation is 2. The van der Waals surface area contributed by atoms with E-state index in [4.69, 9.17) is 0 Å². The lowest BCUT2D eigenvalue weighted by Gasteiger charge is -2.05. The molecular weight excluding hydrogens is 541 g/mol. The molecule has 2 heterocycles. The quantitative estimate of drug-likeness (QED) is 0.233. The fourth-order valence-corrected chi connectivity index (χ4v) is 4.06. The molecule has 7 nitrogen and oxygen atoms in total. The largest absolute Gasteiger partial charge is 0.744 e. The molecule has 0 aliphatic rings. The number of aromatic nitrogens is 2. The van der Waals surface area contributed by atoms with Gasteiger partial charge in [-0.15, -0.1) is 0 Å². The monoisotopic (exact) mass is 563 g/mol. The van der Waals surface area contributed by atoms with Crippen LogP contribution in [0, 0.1) is 10.5 Å². The van der Waals surface area contributed by atoms with Crippen LogP contribution in [0.15, 0.2) is 78.0 Å². The number of nitrogens with one attached hydrogen (secondary N) is 1. The number of imidazole rings is 1. The summed E-state index contributed by atoms with van der Waals surface area (Å²) in [5.74, 6) is -0.0579. The second kappa shape index (κ2) is 9.80. The average Bonchev–Trinajstić information content (AvgIpc) is 3.04.